The predicted octanol–water partition coefficient (Wildman–Crippen LogP) is -0.238. The van der Waals surface area contributed by atoms with Gasteiger partial charge in [-0.1, -0.05) is 5.16 Å². The van der Waals surface area contributed by atoms with E-state index in [9.17, 15) is 9.59 Å². The molecule has 0 bridgehead atoms. The average Bonchev–Trinajstić information content (AvgIpc) is 2.97. The van der Waals surface area contributed by atoms with Gasteiger partial charge in [0.2, 0.25) is 0 Å². The summed E-state index contributed by atoms with van der Waals surface area (Å²) in [4.78, 5) is 27.1. The molecule has 1 amide bonds. The molecular formula is C14H15N5O4. The van der Waals surface area contributed by atoms with Gasteiger partial charge in [-0.15, -0.1) is 0 Å². The Morgan fingerprint density at radius 3 is 2.48 bits per heavy atom. The topological polar surface area (TPSA) is 135 Å². The average molecular weight is 317 g/mol. The largest absolute Gasteiger partial charge is 0.484 e. The quantitative estimate of drug-likeness (QED) is 0.327. The normalized spacial score (nSPS) is 11.1. The fraction of sp³-hybridized carbons (Fsp3) is 0.143. The number of nitrogens with two attached hydrogens (primary N) is 2. The molecule has 2 aromatic rings. The van der Waals surface area contributed by atoms with E-state index in [1.54, 1.807) is 31.3 Å². The number of rotatable bonds is 6. The van der Waals surface area contributed by atoms with Crippen LogP contribution in [0, 0.1) is 0 Å². The summed E-state index contributed by atoms with van der Waals surface area (Å²) in [5.41, 5.74) is 11.5. The standard InChI is InChI=1S/C14H15N5O4/c1-19-7-10(6-17-19)14(21)23-18-13(16)9-2-4-11(5-3-9)22-8-12(15)20/h2-7H,8H2,1H3,(H2,15,20)(H2,16,18). The van der Waals surface area contributed by atoms with Crippen molar-refractivity contribution in [3.63, 3.8) is 0 Å². The Hall–Kier alpha value is -3.36. The Bertz CT molecular complexity index is 736. The molecule has 4 N–H and O–H groups in total. The zero-order chi connectivity index (χ0) is 16.8. The summed E-state index contributed by atoms with van der Waals surface area (Å²) in [7, 11) is 1.68. The van der Waals surface area contributed by atoms with Crippen molar-refractivity contribution in [3.05, 3.63) is 47.8 Å². The van der Waals surface area contributed by atoms with Crippen LogP contribution in [0.15, 0.2) is 41.8 Å². The first-order chi connectivity index (χ1) is 11.0. The smallest absolute Gasteiger partial charge is 0.368 e. The molecule has 0 radical (unpaired) electrons. The summed E-state index contributed by atoms with van der Waals surface area (Å²) in [5, 5.41) is 7.43. The Labute approximate surface area is 131 Å². The number of aryl methyl sites for hydroxylation is 1. The Morgan fingerprint density at radius 2 is 1.91 bits per heavy atom. The minimum atomic E-state index is -0.664. The van der Waals surface area contributed by atoms with Crippen molar-refractivity contribution in [1.29, 1.82) is 0 Å². The number of nitrogens with zero attached hydrogens (tertiary/aromatic N) is 3. The summed E-state index contributed by atoms with van der Waals surface area (Å²) in [6, 6.07) is 6.38. The van der Waals surface area contributed by atoms with Crippen LogP contribution in [-0.2, 0) is 16.7 Å². The number of primary amides is 1. The van der Waals surface area contributed by atoms with Gasteiger partial charge < -0.3 is 21.0 Å². The maximum atomic E-state index is 11.7. The van der Waals surface area contributed by atoms with Crippen LogP contribution in [0.1, 0.15) is 15.9 Å². The number of oxime groups is 1. The van der Waals surface area contributed by atoms with Crippen molar-refractivity contribution >= 4 is 17.7 Å². The Morgan fingerprint density at radius 1 is 1.22 bits per heavy atom. The number of ether oxygens (including phenoxy) is 1. The molecule has 0 saturated heterocycles. The van der Waals surface area contributed by atoms with E-state index in [4.69, 9.17) is 21.0 Å². The first-order valence-corrected chi connectivity index (χ1v) is 6.50. The number of amidine groups is 1. The lowest BCUT2D eigenvalue weighted by Gasteiger charge is -2.05. The third kappa shape index (κ3) is 4.56. The second-order valence-electron chi connectivity index (χ2n) is 4.54. The van der Waals surface area contributed by atoms with Crippen LogP contribution in [0.25, 0.3) is 0 Å². The summed E-state index contributed by atoms with van der Waals surface area (Å²) in [6.07, 6.45) is 2.86. The molecule has 0 fully saturated rings. The van der Waals surface area contributed by atoms with Crippen LogP contribution < -0.4 is 16.2 Å². The third-order valence-corrected chi connectivity index (χ3v) is 2.70. The molecule has 9 heteroatoms. The number of carbonyl (C=O) groups is 2. The molecule has 0 spiro atoms. The molecule has 0 saturated carbocycles. The molecule has 0 unspecified atom stereocenters. The highest BCUT2D eigenvalue weighted by Gasteiger charge is 2.10. The second-order valence-corrected chi connectivity index (χ2v) is 4.54. The van der Waals surface area contributed by atoms with Crippen molar-refractivity contribution in [2.24, 2.45) is 23.7 Å². The van der Waals surface area contributed by atoms with E-state index >= 15 is 0 Å². The van der Waals surface area contributed by atoms with Crippen molar-refractivity contribution in [3.8, 4) is 5.75 Å². The van der Waals surface area contributed by atoms with Gasteiger partial charge in [0.25, 0.3) is 5.91 Å². The number of hydrogen-bond acceptors (Lipinski definition) is 6. The van der Waals surface area contributed by atoms with Crippen LogP contribution in [0.3, 0.4) is 0 Å². The lowest BCUT2D eigenvalue weighted by molar-refractivity contribution is -0.119. The first-order valence-electron chi connectivity index (χ1n) is 6.50. The van der Waals surface area contributed by atoms with Gasteiger partial charge in [-0.3, -0.25) is 9.48 Å². The van der Waals surface area contributed by atoms with Gasteiger partial charge >= 0.3 is 5.97 Å². The van der Waals surface area contributed by atoms with Crippen LogP contribution in [-0.4, -0.2) is 34.1 Å². The molecule has 0 aliphatic rings. The molecule has 1 heterocycles. The maximum Gasteiger partial charge on any atom is 0.368 e. The highest BCUT2D eigenvalue weighted by atomic mass is 16.7. The van der Waals surface area contributed by atoms with Crippen LogP contribution in [0.4, 0.5) is 0 Å². The molecule has 1 aromatic heterocycles. The number of benzene rings is 1. The fourth-order valence-corrected chi connectivity index (χ4v) is 1.60. The highest BCUT2D eigenvalue weighted by Crippen LogP contribution is 2.12. The van der Waals surface area contributed by atoms with E-state index in [1.165, 1.54) is 17.1 Å². The monoisotopic (exact) mass is 317 g/mol. The molecule has 0 aliphatic carbocycles. The Kier molecular flexibility index (Phi) is 4.92. The predicted molar refractivity (Wildman–Crippen MR) is 80.5 cm³/mol. The zero-order valence-electron chi connectivity index (χ0n) is 12.3. The fourth-order valence-electron chi connectivity index (χ4n) is 1.60. The SMILES string of the molecule is Cn1cc(C(=O)O/N=C(\N)c2ccc(OCC(N)=O)cc2)cn1. The minimum absolute atomic E-state index is 0.0173. The zero-order valence-corrected chi connectivity index (χ0v) is 12.3. The maximum absolute atomic E-state index is 11.7. The van der Waals surface area contributed by atoms with Crippen molar-refractivity contribution < 1.29 is 19.2 Å². The van der Waals surface area contributed by atoms with Crippen molar-refractivity contribution in [2.45, 2.75) is 0 Å². The van der Waals surface area contributed by atoms with Crippen LogP contribution >= 0.6 is 0 Å². The molecule has 2 rings (SSSR count). The molecule has 120 valence electrons. The third-order valence-electron chi connectivity index (χ3n) is 2.70. The lowest BCUT2D eigenvalue weighted by atomic mass is 10.2. The van der Waals surface area contributed by atoms with E-state index in [2.05, 4.69) is 10.3 Å². The number of amides is 1. The van der Waals surface area contributed by atoms with E-state index in [0.717, 1.165) is 0 Å². The van der Waals surface area contributed by atoms with Gasteiger partial charge in [0.1, 0.15) is 5.75 Å². The van der Waals surface area contributed by atoms with E-state index < -0.39 is 11.9 Å². The second kappa shape index (κ2) is 7.07. The van der Waals surface area contributed by atoms with Gasteiger partial charge in [-0.2, -0.15) is 5.10 Å². The van der Waals surface area contributed by atoms with E-state index in [0.29, 0.717) is 11.3 Å². The van der Waals surface area contributed by atoms with E-state index in [-0.39, 0.29) is 18.0 Å². The van der Waals surface area contributed by atoms with Crippen LogP contribution in [0.5, 0.6) is 5.75 Å². The molecule has 9 nitrogen and oxygen atoms in total. The molecule has 0 aliphatic heterocycles. The summed E-state index contributed by atoms with van der Waals surface area (Å²) >= 11 is 0. The number of aromatic nitrogens is 2. The number of carbonyl (C=O) groups excluding carboxylic acids is 2. The molecule has 1 aromatic carbocycles. The first kappa shape index (κ1) is 16.0. The van der Waals surface area contributed by atoms with Crippen molar-refractivity contribution in [2.75, 3.05) is 6.61 Å². The minimum Gasteiger partial charge on any atom is -0.484 e. The summed E-state index contributed by atoms with van der Waals surface area (Å²) in [5.74, 6) is -0.767. The van der Waals surface area contributed by atoms with Gasteiger partial charge in [-0.05, 0) is 24.3 Å². The Balaban J connectivity index is 1.97. The summed E-state index contributed by atoms with van der Waals surface area (Å²) in [6.45, 7) is -0.217. The highest BCUT2D eigenvalue weighted by molar-refractivity contribution is 5.98. The van der Waals surface area contributed by atoms with E-state index in [1.807, 2.05) is 0 Å². The molecule has 0 atom stereocenters. The van der Waals surface area contributed by atoms with Crippen molar-refractivity contribution in [1.82, 2.24) is 9.78 Å². The molecule has 23 heavy (non-hydrogen) atoms. The lowest BCUT2D eigenvalue weighted by Crippen LogP contribution is -2.20. The summed E-state index contributed by atoms with van der Waals surface area (Å²) < 4.78 is 6.58. The van der Waals surface area contributed by atoms with Gasteiger partial charge in [0.05, 0.1) is 11.8 Å². The van der Waals surface area contributed by atoms with Crippen LogP contribution in [0.2, 0.25) is 0 Å². The molecular weight excluding hydrogens is 302 g/mol. The van der Waals surface area contributed by atoms with Gasteiger partial charge in [0.15, 0.2) is 12.4 Å². The van der Waals surface area contributed by atoms with Gasteiger partial charge in [-0.25, -0.2) is 4.79 Å². The van der Waals surface area contributed by atoms with Gasteiger partial charge in [0, 0.05) is 18.8 Å². The number of hydrogen-bond donors (Lipinski definition) is 2.